The summed E-state index contributed by atoms with van der Waals surface area (Å²) in [6, 6.07) is 5.73. The minimum Gasteiger partial charge on any atom is -0.370 e. The zero-order valence-corrected chi connectivity index (χ0v) is 9.65. The second-order valence-electron chi connectivity index (χ2n) is 2.63. The van der Waals surface area contributed by atoms with Crippen LogP contribution < -0.4 is 5.90 Å². The van der Waals surface area contributed by atoms with Gasteiger partial charge in [0.25, 0.3) is 0 Å². The summed E-state index contributed by atoms with van der Waals surface area (Å²) in [4.78, 5) is 26.3. The number of halogens is 1. The van der Waals surface area contributed by atoms with Crippen molar-refractivity contribution in [1.29, 1.82) is 5.41 Å². The second-order valence-corrected chi connectivity index (χ2v) is 3.70. The lowest BCUT2D eigenvalue weighted by Crippen LogP contribution is -2.11. The summed E-state index contributed by atoms with van der Waals surface area (Å²) in [6.07, 6.45) is 0. The third-order valence-corrected chi connectivity index (χ3v) is 2.18. The number of rotatable bonds is 3. The summed E-state index contributed by atoms with van der Waals surface area (Å²) in [5, 5.41) is 7.14. The first-order valence-corrected chi connectivity index (χ1v) is 4.94. The molecule has 0 saturated heterocycles. The molecule has 0 radical (unpaired) electrons. The Morgan fingerprint density at radius 3 is 2.07 bits per heavy atom. The molecule has 0 aromatic heterocycles. The van der Waals surface area contributed by atoms with Crippen LogP contribution in [0.1, 0.15) is 20.7 Å². The molecule has 6 heteroatoms. The lowest BCUT2D eigenvalue weighted by Gasteiger charge is -2.00. The molecule has 0 unspecified atom stereocenters. The fourth-order valence-electron chi connectivity index (χ4n) is 0.952. The highest BCUT2D eigenvalue weighted by Gasteiger charge is 2.11. The molecule has 0 fully saturated rings. The topological polar surface area (TPSA) is 93.2 Å². The maximum atomic E-state index is 11.3. The summed E-state index contributed by atoms with van der Waals surface area (Å²) in [7, 11) is 0. The molecule has 0 bridgehead atoms. The van der Waals surface area contributed by atoms with E-state index in [9.17, 15) is 9.59 Å². The van der Waals surface area contributed by atoms with Crippen LogP contribution in [0.3, 0.4) is 0 Å². The summed E-state index contributed by atoms with van der Waals surface area (Å²) >= 11 is 1.62. The van der Waals surface area contributed by atoms with Crippen molar-refractivity contribution in [3.05, 3.63) is 35.4 Å². The van der Waals surface area contributed by atoms with Gasteiger partial charge >= 0.3 is 5.97 Å². The van der Waals surface area contributed by atoms with Crippen molar-refractivity contribution in [2.24, 2.45) is 5.90 Å². The fraction of sp³-hybridized carbons (Fsp3) is 0. The largest absolute Gasteiger partial charge is 0.370 e. The number of carbonyl (C=O) groups is 2. The summed E-state index contributed by atoms with van der Waals surface area (Å²) in [5.74, 6) is 3.64. The fourth-order valence-corrected chi connectivity index (χ4v) is 1.26. The van der Waals surface area contributed by atoms with Crippen LogP contribution in [0.25, 0.3) is 0 Å². The van der Waals surface area contributed by atoms with Gasteiger partial charge in [0, 0.05) is 5.56 Å². The predicted octanol–water partition coefficient (Wildman–Crippen LogP) is 1.31. The van der Waals surface area contributed by atoms with Gasteiger partial charge in [-0.2, -0.15) is 5.90 Å². The van der Waals surface area contributed by atoms with Crippen molar-refractivity contribution in [1.82, 2.24) is 0 Å². The van der Waals surface area contributed by atoms with Crippen molar-refractivity contribution in [2.45, 2.75) is 0 Å². The number of carbonyl (C=O) groups excluding carboxylic acids is 2. The van der Waals surface area contributed by atoms with Gasteiger partial charge in [0.1, 0.15) is 3.72 Å². The Morgan fingerprint density at radius 1 is 1.20 bits per heavy atom. The van der Waals surface area contributed by atoms with E-state index in [1.54, 1.807) is 22.6 Å². The quantitative estimate of drug-likeness (QED) is 0.380. The number of nitrogens with two attached hydrogens (primary N) is 1. The normalized spacial score (nSPS) is 9.47. The van der Waals surface area contributed by atoms with Gasteiger partial charge < -0.3 is 4.84 Å². The van der Waals surface area contributed by atoms with Crippen LogP contribution in [0.4, 0.5) is 0 Å². The van der Waals surface area contributed by atoms with Gasteiger partial charge in [-0.1, -0.05) is 12.1 Å². The van der Waals surface area contributed by atoms with Crippen LogP contribution in [-0.4, -0.2) is 15.5 Å². The number of Topliss-reactive ketones (excluding diaryl/α,β-unsaturated/α-hetero) is 1. The van der Waals surface area contributed by atoms with E-state index in [1.165, 1.54) is 24.3 Å². The van der Waals surface area contributed by atoms with Crippen molar-refractivity contribution in [3.63, 3.8) is 0 Å². The smallest absolute Gasteiger partial charge is 0.356 e. The second kappa shape index (κ2) is 4.99. The SMILES string of the molecule is N=C(I)C(=O)c1ccc(C(=O)ON)cc1. The summed E-state index contributed by atoms with van der Waals surface area (Å²) < 4.78 is -0.0817. The highest BCUT2D eigenvalue weighted by Crippen LogP contribution is 2.08. The average Bonchev–Trinajstić information content (AvgIpc) is 2.27. The Kier molecular flexibility index (Phi) is 3.92. The molecule has 0 aliphatic carbocycles. The van der Waals surface area contributed by atoms with Crippen molar-refractivity contribution >= 4 is 38.1 Å². The molecular weight excluding hydrogens is 311 g/mol. The standard InChI is InChI=1S/C9H7IN2O3/c10-8(11)7(13)5-1-3-6(4-2-5)9(14)15-12/h1-4,11H,12H2. The van der Waals surface area contributed by atoms with Crippen LogP contribution in [0.5, 0.6) is 0 Å². The van der Waals surface area contributed by atoms with E-state index in [0.717, 1.165) is 0 Å². The molecule has 0 saturated carbocycles. The van der Waals surface area contributed by atoms with Crippen LogP contribution in [0.15, 0.2) is 24.3 Å². The molecule has 3 N–H and O–H groups in total. The lowest BCUT2D eigenvalue weighted by molar-refractivity contribution is 0.0503. The van der Waals surface area contributed by atoms with E-state index >= 15 is 0 Å². The molecule has 0 atom stereocenters. The summed E-state index contributed by atoms with van der Waals surface area (Å²) in [6.45, 7) is 0. The third-order valence-electron chi connectivity index (χ3n) is 1.69. The van der Waals surface area contributed by atoms with E-state index in [0.29, 0.717) is 5.56 Å². The van der Waals surface area contributed by atoms with E-state index in [1.807, 2.05) is 0 Å². The maximum Gasteiger partial charge on any atom is 0.356 e. The van der Waals surface area contributed by atoms with E-state index in [4.69, 9.17) is 11.3 Å². The number of ketones is 1. The molecule has 15 heavy (non-hydrogen) atoms. The Labute approximate surface area is 99.2 Å². The van der Waals surface area contributed by atoms with Gasteiger partial charge in [0.2, 0.25) is 5.78 Å². The van der Waals surface area contributed by atoms with Crippen molar-refractivity contribution in [3.8, 4) is 0 Å². The van der Waals surface area contributed by atoms with Gasteiger partial charge in [-0.15, -0.1) is 0 Å². The van der Waals surface area contributed by atoms with Gasteiger partial charge in [-0.3, -0.25) is 10.2 Å². The molecular formula is C9H7IN2O3. The lowest BCUT2D eigenvalue weighted by atomic mass is 10.1. The Morgan fingerprint density at radius 2 is 1.67 bits per heavy atom. The Bertz CT molecular complexity index is 414. The molecule has 0 aliphatic heterocycles. The van der Waals surface area contributed by atoms with Crippen molar-refractivity contribution in [2.75, 3.05) is 0 Å². The summed E-state index contributed by atoms with van der Waals surface area (Å²) in [5.41, 5.74) is 0.608. The van der Waals surface area contributed by atoms with Crippen molar-refractivity contribution < 1.29 is 14.4 Å². The number of hydrogen-bond acceptors (Lipinski definition) is 5. The van der Waals surface area contributed by atoms with Gasteiger partial charge in [0.05, 0.1) is 5.56 Å². The van der Waals surface area contributed by atoms with E-state index < -0.39 is 5.97 Å². The highest BCUT2D eigenvalue weighted by atomic mass is 127. The number of nitrogens with one attached hydrogen (secondary N) is 1. The Hall–Kier alpha value is -1.28. The molecule has 0 spiro atoms. The number of hydrogen-bond donors (Lipinski definition) is 2. The van der Waals surface area contributed by atoms with E-state index in [-0.39, 0.29) is 15.1 Å². The first-order valence-electron chi connectivity index (χ1n) is 3.86. The molecule has 0 heterocycles. The Balaban J connectivity index is 2.95. The third kappa shape index (κ3) is 2.83. The van der Waals surface area contributed by atoms with Gasteiger partial charge in [0.15, 0.2) is 0 Å². The van der Waals surface area contributed by atoms with Crippen LogP contribution in [0, 0.1) is 5.41 Å². The molecule has 1 aromatic rings. The minimum atomic E-state index is -0.668. The highest BCUT2D eigenvalue weighted by molar-refractivity contribution is 14.1. The maximum absolute atomic E-state index is 11.3. The van der Waals surface area contributed by atoms with Gasteiger partial charge in [-0.05, 0) is 34.7 Å². The first-order chi connectivity index (χ1) is 7.06. The number of benzene rings is 1. The van der Waals surface area contributed by atoms with Crippen LogP contribution >= 0.6 is 22.6 Å². The van der Waals surface area contributed by atoms with Crippen LogP contribution in [-0.2, 0) is 4.84 Å². The molecule has 0 aliphatic rings. The molecule has 78 valence electrons. The molecule has 5 nitrogen and oxygen atoms in total. The zero-order valence-electron chi connectivity index (χ0n) is 7.49. The average molecular weight is 318 g/mol. The molecule has 0 amide bonds. The van der Waals surface area contributed by atoms with Crippen LogP contribution in [0.2, 0.25) is 0 Å². The zero-order chi connectivity index (χ0) is 11.4. The minimum absolute atomic E-state index is 0.0817. The van der Waals surface area contributed by atoms with Gasteiger partial charge in [-0.25, -0.2) is 4.79 Å². The van der Waals surface area contributed by atoms with E-state index in [2.05, 4.69) is 4.84 Å². The predicted molar refractivity (Wildman–Crippen MR) is 62.1 cm³/mol. The molecule has 1 aromatic carbocycles. The monoisotopic (exact) mass is 318 g/mol. The first kappa shape index (κ1) is 11.8. The molecule has 1 rings (SSSR count).